The highest BCUT2D eigenvalue weighted by Gasteiger charge is 2.31. The third-order valence-corrected chi connectivity index (χ3v) is 7.62. The Kier molecular flexibility index (Phi) is 13.4. The van der Waals surface area contributed by atoms with Crippen LogP contribution in [0.25, 0.3) is 0 Å². The van der Waals surface area contributed by atoms with Gasteiger partial charge in [0.25, 0.3) is 5.91 Å². The van der Waals surface area contributed by atoms with E-state index >= 15 is 0 Å². The van der Waals surface area contributed by atoms with Gasteiger partial charge in [-0.15, -0.1) is 0 Å². The quantitative estimate of drug-likeness (QED) is 0.328. The molecule has 0 unspecified atom stereocenters. The van der Waals surface area contributed by atoms with Crippen LogP contribution in [0.1, 0.15) is 64.2 Å². The molecular formula is C33H48FN5O6. The smallest absolute Gasteiger partial charge is 0.323 e. The van der Waals surface area contributed by atoms with Crippen molar-refractivity contribution in [2.45, 2.75) is 78.2 Å². The van der Waals surface area contributed by atoms with Gasteiger partial charge in [0.05, 0.1) is 30.4 Å². The molecule has 0 aliphatic carbocycles. The number of nitrogens with zero attached hydrogens (tertiary/aromatic N) is 2. The number of ether oxygens (including phenoxy) is 2. The number of benzene rings is 2. The van der Waals surface area contributed by atoms with Gasteiger partial charge in [0.15, 0.2) is 0 Å². The van der Waals surface area contributed by atoms with E-state index in [1.807, 2.05) is 27.7 Å². The van der Waals surface area contributed by atoms with Crippen LogP contribution >= 0.6 is 0 Å². The average molecular weight is 630 g/mol. The van der Waals surface area contributed by atoms with Crippen molar-refractivity contribution in [3.8, 4) is 5.75 Å². The number of likely N-dealkylation sites (N-methyl/N-ethyl adjacent to an activating group) is 1. The molecule has 4 N–H and O–H groups in total. The topological polar surface area (TPSA) is 132 Å². The minimum atomic E-state index is -0.566. The SMILES string of the molecule is CC(C)NC(=O)N(C)C[C@H]1OCCCC[C@@H](C)Oc2ccc(NC(=O)Nc3ccc(F)cc3)cc2C(=O)N([C@H](C)CO)C[C@@H]1C. The Bertz CT molecular complexity index is 1280. The van der Waals surface area contributed by atoms with Crippen LogP contribution in [-0.2, 0) is 4.74 Å². The van der Waals surface area contributed by atoms with Gasteiger partial charge in [-0.3, -0.25) is 4.79 Å². The zero-order chi connectivity index (χ0) is 33.1. The Balaban J connectivity index is 1.91. The molecule has 3 rings (SSSR count). The molecule has 2 aromatic rings. The van der Waals surface area contributed by atoms with Crippen molar-refractivity contribution in [1.82, 2.24) is 15.1 Å². The summed E-state index contributed by atoms with van der Waals surface area (Å²) in [6.45, 7) is 10.2. The first kappa shape index (κ1) is 35.6. The van der Waals surface area contributed by atoms with Crippen LogP contribution in [0.15, 0.2) is 42.5 Å². The number of aliphatic hydroxyl groups is 1. The van der Waals surface area contributed by atoms with Crippen molar-refractivity contribution < 1.29 is 33.4 Å². The molecule has 1 aliphatic rings. The number of carbonyl (C=O) groups is 3. The highest BCUT2D eigenvalue weighted by Crippen LogP contribution is 2.28. The number of nitrogens with one attached hydrogen (secondary N) is 3. The molecule has 2 aromatic carbocycles. The number of rotatable bonds is 7. The van der Waals surface area contributed by atoms with E-state index in [0.717, 1.165) is 19.3 Å². The second kappa shape index (κ2) is 17.0. The summed E-state index contributed by atoms with van der Waals surface area (Å²) in [5, 5.41) is 18.4. The monoisotopic (exact) mass is 629 g/mol. The van der Waals surface area contributed by atoms with Gasteiger partial charge in [-0.05, 0) is 89.4 Å². The van der Waals surface area contributed by atoms with E-state index in [1.165, 1.54) is 24.3 Å². The van der Waals surface area contributed by atoms with Gasteiger partial charge in [0, 0.05) is 50.1 Å². The zero-order valence-corrected chi connectivity index (χ0v) is 27.1. The third kappa shape index (κ3) is 10.9. The zero-order valence-electron chi connectivity index (χ0n) is 27.1. The molecule has 12 heteroatoms. The highest BCUT2D eigenvalue weighted by molar-refractivity contribution is 6.02. The maximum atomic E-state index is 14.2. The van der Waals surface area contributed by atoms with E-state index in [4.69, 9.17) is 9.47 Å². The van der Waals surface area contributed by atoms with Gasteiger partial charge < -0.3 is 40.3 Å². The van der Waals surface area contributed by atoms with E-state index in [2.05, 4.69) is 16.0 Å². The molecule has 0 saturated carbocycles. The predicted molar refractivity (Wildman–Crippen MR) is 172 cm³/mol. The molecule has 248 valence electrons. The van der Waals surface area contributed by atoms with Crippen molar-refractivity contribution >= 4 is 29.3 Å². The lowest BCUT2D eigenvalue weighted by Crippen LogP contribution is -2.49. The maximum Gasteiger partial charge on any atom is 0.323 e. The molecule has 45 heavy (non-hydrogen) atoms. The van der Waals surface area contributed by atoms with E-state index in [0.29, 0.717) is 30.3 Å². The standard InChI is InChI=1S/C33H48FN5O6/c1-21(2)35-33(43)38(6)19-30-22(3)18-39(23(4)20-40)31(41)28-17-27(37-32(42)36-26-12-10-25(34)11-13-26)14-15-29(28)45-24(5)9-7-8-16-44-30/h10-15,17,21-24,30,40H,7-9,16,18-20H2,1-6H3,(H,35,43)(H2,36,37,42)/t22-,23+,24+,30+/m0/s1. The molecule has 0 radical (unpaired) electrons. The summed E-state index contributed by atoms with van der Waals surface area (Å²) in [6.07, 6.45) is 1.79. The molecule has 0 aromatic heterocycles. The summed E-state index contributed by atoms with van der Waals surface area (Å²) < 4.78 is 25.8. The van der Waals surface area contributed by atoms with Crippen LogP contribution in [-0.4, -0.2) is 90.5 Å². The number of urea groups is 2. The summed E-state index contributed by atoms with van der Waals surface area (Å²) in [5.41, 5.74) is 0.987. The maximum absolute atomic E-state index is 14.2. The Morgan fingerprint density at radius 1 is 1.07 bits per heavy atom. The number of hydrogen-bond acceptors (Lipinski definition) is 6. The number of carbonyl (C=O) groups excluding carboxylic acids is 3. The fourth-order valence-corrected chi connectivity index (χ4v) is 5.00. The fraction of sp³-hybridized carbons (Fsp3) is 0.545. The van der Waals surface area contributed by atoms with Crippen molar-refractivity contribution in [1.29, 1.82) is 0 Å². The Morgan fingerprint density at radius 3 is 2.40 bits per heavy atom. The lowest BCUT2D eigenvalue weighted by molar-refractivity contribution is -0.0122. The van der Waals surface area contributed by atoms with Gasteiger partial charge in [-0.1, -0.05) is 6.92 Å². The minimum absolute atomic E-state index is 0.0153. The summed E-state index contributed by atoms with van der Waals surface area (Å²) in [5.74, 6) is -0.631. The highest BCUT2D eigenvalue weighted by atomic mass is 19.1. The molecule has 1 aliphatic heterocycles. The van der Waals surface area contributed by atoms with Crippen LogP contribution in [0.3, 0.4) is 0 Å². The summed E-state index contributed by atoms with van der Waals surface area (Å²) >= 11 is 0. The van der Waals surface area contributed by atoms with Crippen LogP contribution in [0, 0.1) is 11.7 Å². The van der Waals surface area contributed by atoms with Crippen molar-refractivity contribution in [3.05, 3.63) is 53.8 Å². The lowest BCUT2D eigenvalue weighted by atomic mass is 10.0. The summed E-state index contributed by atoms with van der Waals surface area (Å²) in [6, 6.07) is 8.89. The van der Waals surface area contributed by atoms with Crippen molar-refractivity contribution in [2.24, 2.45) is 5.92 Å². The molecular weight excluding hydrogens is 581 g/mol. The van der Waals surface area contributed by atoms with Crippen molar-refractivity contribution in [2.75, 3.05) is 44.0 Å². The first-order valence-corrected chi connectivity index (χ1v) is 15.6. The van der Waals surface area contributed by atoms with Crippen LogP contribution in [0.2, 0.25) is 0 Å². The minimum Gasteiger partial charge on any atom is -0.490 e. The van der Waals surface area contributed by atoms with E-state index in [-0.39, 0.29) is 54.8 Å². The second-order valence-electron chi connectivity index (χ2n) is 12.1. The van der Waals surface area contributed by atoms with E-state index < -0.39 is 17.9 Å². The normalized spacial score (nSPS) is 20.3. The van der Waals surface area contributed by atoms with Gasteiger partial charge in [0.2, 0.25) is 0 Å². The molecule has 4 atom stereocenters. The Labute approximate surface area is 265 Å². The van der Waals surface area contributed by atoms with Gasteiger partial charge in [0.1, 0.15) is 11.6 Å². The molecule has 11 nitrogen and oxygen atoms in total. The second-order valence-corrected chi connectivity index (χ2v) is 12.1. The Morgan fingerprint density at radius 2 is 1.73 bits per heavy atom. The third-order valence-electron chi connectivity index (χ3n) is 7.62. The fourth-order valence-electron chi connectivity index (χ4n) is 5.00. The number of aliphatic hydroxyl groups excluding tert-OH is 1. The van der Waals surface area contributed by atoms with Crippen LogP contribution in [0.5, 0.6) is 5.75 Å². The molecule has 0 saturated heterocycles. The first-order chi connectivity index (χ1) is 21.4. The summed E-state index contributed by atoms with van der Waals surface area (Å²) in [7, 11) is 1.72. The van der Waals surface area contributed by atoms with E-state index in [9.17, 15) is 23.9 Å². The van der Waals surface area contributed by atoms with Gasteiger partial charge in [-0.25, -0.2) is 14.0 Å². The first-order valence-electron chi connectivity index (χ1n) is 15.6. The summed E-state index contributed by atoms with van der Waals surface area (Å²) in [4.78, 5) is 42.8. The molecule has 5 amide bonds. The largest absolute Gasteiger partial charge is 0.490 e. The van der Waals surface area contributed by atoms with Gasteiger partial charge in [-0.2, -0.15) is 0 Å². The van der Waals surface area contributed by atoms with E-state index in [1.54, 1.807) is 42.0 Å². The van der Waals surface area contributed by atoms with Gasteiger partial charge >= 0.3 is 12.1 Å². The van der Waals surface area contributed by atoms with Crippen molar-refractivity contribution in [3.63, 3.8) is 0 Å². The number of halogens is 1. The number of hydrogen-bond donors (Lipinski definition) is 4. The molecule has 0 bridgehead atoms. The van der Waals surface area contributed by atoms with Crippen LogP contribution in [0.4, 0.5) is 25.4 Å². The molecule has 1 heterocycles. The number of anilines is 2. The average Bonchev–Trinajstić information content (AvgIpc) is 2.99. The van der Waals surface area contributed by atoms with Crippen LogP contribution < -0.4 is 20.7 Å². The Hall–Kier alpha value is -3.90. The lowest BCUT2D eigenvalue weighted by Gasteiger charge is -2.36. The molecule has 0 spiro atoms. The molecule has 0 fully saturated rings. The number of amides is 5. The predicted octanol–water partition coefficient (Wildman–Crippen LogP) is 5.32. The number of fused-ring (bicyclic) bond motifs is 1.